The molecule has 6 nitrogen and oxygen atoms in total. The molecule has 10 heteroatoms. The minimum Gasteiger partial charge on any atom is -0.406 e. The highest BCUT2D eigenvalue weighted by Crippen LogP contribution is 2.24. The van der Waals surface area contributed by atoms with E-state index in [0.29, 0.717) is 0 Å². The van der Waals surface area contributed by atoms with Gasteiger partial charge in [-0.1, -0.05) is 6.07 Å². The zero-order chi connectivity index (χ0) is 17.6. The van der Waals surface area contributed by atoms with Crippen LogP contribution >= 0.6 is 24.0 Å². The molecular formula is C15H20F3IN4O2. The molecule has 25 heavy (non-hydrogen) atoms. The summed E-state index contributed by atoms with van der Waals surface area (Å²) in [6, 6.07) is 5.21. The SMILES string of the molecule is I.NC(=NCC(=O)N1CCCCC1)Nc1cccc(OC(F)(F)F)c1. The quantitative estimate of drug-likeness (QED) is 0.402. The highest BCUT2D eigenvalue weighted by molar-refractivity contribution is 14.0. The number of piperidine rings is 1. The first kappa shape index (κ1) is 21.3. The number of benzene rings is 1. The molecule has 0 spiro atoms. The van der Waals surface area contributed by atoms with Crippen LogP contribution in [0, 0.1) is 0 Å². The van der Waals surface area contributed by atoms with Gasteiger partial charge in [0.05, 0.1) is 0 Å². The van der Waals surface area contributed by atoms with Crippen molar-refractivity contribution in [1.29, 1.82) is 0 Å². The molecular weight excluding hydrogens is 452 g/mol. The Kier molecular flexibility index (Phi) is 8.26. The van der Waals surface area contributed by atoms with Crippen LogP contribution in [-0.2, 0) is 4.79 Å². The van der Waals surface area contributed by atoms with E-state index in [1.54, 1.807) is 4.90 Å². The number of carbonyl (C=O) groups is 1. The second kappa shape index (κ2) is 9.68. The zero-order valence-electron chi connectivity index (χ0n) is 13.4. The number of carbonyl (C=O) groups excluding carboxylic acids is 1. The highest BCUT2D eigenvalue weighted by atomic mass is 127. The van der Waals surface area contributed by atoms with E-state index in [-0.39, 0.29) is 53.8 Å². The minimum absolute atomic E-state index is 0. The zero-order valence-corrected chi connectivity index (χ0v) is 15.7. The Balaban J connectivity index is 0.00000312. The summed E-state index contributed by atoms with van der Waals surface area (Å²) in [7, 11) is 0. The van der Waals surface area contributed by atoms with Gasteiger partial charge in [-0.3, -0.25) is 4.79 Å². The molecule has 1 amide bonds. The fraction of sp³-hybridized carbons (Fsp3) is 0.467. The summed E-state index contributed by atoms with van der Waals surface area (Å²) in [6.45, 7) is 1.34. The van der Waals surface area contributed by atoms with Crippen molar-refractivity contribution < 1.29 is 22.7 Å². The summed E-state index contributed by atoms with van der Waals surface area (Å²) < 4.78 is 40.4. The number of guanidine groups is 1. The number of nitrogens with two attached hydrogens (primary N) is 1. The Labute approximate surface area is 160 Å². The van der Waals surface area contributed by atoms with Crippen molar-refractivity contribution in [3.8, 4) is 5.75 Å². The van der Waals surface area contributed by atoms with Crippen molar-refractivity contribution in [2.45, 2.75) is 25.6 Å². The molecule has 0 unspecified atom stereocenters. The predicted molar refractivity (Wildman–Crippen MR) is 99.1 cm³/mol. The lowest BCUT2D eigenvalue weighted by molar-refractivity contribution is -0.274. The van der Waals surface area contributed by atoms with E-state index in [1.807, 2.05) is 0 Å². The summed E-state index contributed by atoms with van der Waals surface area (Å²) in [6.07, 6.45) is -1.68. The van der Waals surface area contributed by atoms with Crippen LogP contribution in [0.3, 0.4) is 0 Å². The Morgan fingerprint density at radius 1 is 1.28 bits per heavy atom. The third-order valence-electron chi connectivity index (χ3n) is 3.43. The molecule has 1 saturated heterocycles. The maximum absolute atomic E-state index is 12.2. The van der Waals surface area contributed by atoms with Gasteiger partial charge in [0.25, 0.3) is 0 Å². The van der Waals surface area contributed by atoms with E-state index in [1.165, 1.54) is 18.2 Å². The van der Waals surface area contributed by atoms with E-state index < -0.39 is 6.36 Å². The van der Waals surface area contributed by atoms with Crippen LogP contribution in [0.4, 0.5) is 18.9 Å². The van der Waals surface area contributed by atoms with Gasteiger partial charge in [-0.2, -0.15) is 0 Å². The number of nitrogens with one attached hydrogen (secondary N) is 1. The molecule has 0 atom stereocenters. The Morgan fingerprint density at radius 3 is 2.60 bits per heavy atom. The summed E-state index contributed by atoms with van der Waals surface area (Å²) in [5.74, 6) is -0.539. The Hall–Kier alpha value is -1.72. The van der Waals surface area contributed by atoms with E-state index >= 15 is 0 Å². The van der Waals surface area contributed by atoms with Gasteiger partial charge in [-0.05, 0) is 31.4 Å². The topological polar surface area (TPSA) is 80.0 Å². The van der Waals surface area contributed by atoms with E-state index in [0.717, 1.165) is 38.4 Å². The van der Waals surface area contributed by atoms with Gasteiger partial charge in [0, 0.05) is 24.8 Å². The minimum atomic E-state index is -4.76. The van der Waals surface area contributed by atoms with Gasteiger partial charge < -0.3 is 20.7 Å². The van der Waals surface area contributed by atoms with Crippen molar-refractivity contribution >= 4 is 41.5 Å². The molecule has 0 bridgehead atoms. The Morgan fingerprint density at radius 2 is 1.96 bits per heavy atom. The van der Waals surface area contributed by atoms with Crippen molar-refractivity contribution in [2.75, 3.05) is 25.0 Å². The standard InChI is InChI=1S/C15H19F3N4O2.HI/c16-15(17,18)24-12-6-4-5-11(9-12)21-14(19)20-10-13(23)22-7-2-1-3-8-22;/h4-6,9H,1-3,7-8,10H2,(H3,19,20,21);1H. The molecule has 0 aliphatic carbocycles. The third-order valence-corrected chi connectivity index (χ3v) is 3.43. The lowest BCUT2D eigenvalue weighted by atomic mass is 10.1. The molecule has 1 aliphatic rings. The van der Waals surface area contributed by atoms with Gasteiger partial charge in [0.1, 0.15) is 12.3 Å². The summed E-state index contributed by atoms with van der Waals surface area (Å²) in [5.41, 5.74) is 5.95. The van der Waals surface area contributed by atoms with Gasteiger partial charge >= 0.3 is 6.36 Å². The van der Waals surface area contributed by atoms with E-state index in [2.05, 4.69) is 15.0 Å². The fourth-order valence-corrected chi connectivity index (χ4v) is 2.35. The second-order valence-corrected chi connectivity index (χ2v) is 5.34. The number of ether oxygens (including phenoxy) is 1. The Bertz CT molecular complexity index is 605. The monoisotopic (exact) mass is 472 g/mol. The van der Waals surface area contributed by atoms with Crippen LogP contribution < -0.4 is 15.8 Å². The highest BCUT2D eigenvalue weighted by Gasteiger charge is 2.31. The molecule has 1 fully saturated rings. The summed E-state index contributed by atoms with van der Waals surface area (Å²) >= 11 is 0. The largest absolute Gasteiger partial charge is 0.573 e. The predicted octanol–water partition coefficient (Wildman–Crippen LogP) is 2.94. The molecule has 1 heterocycles. The van der Waals surface area contributed by atoms with E-state index in [4.69, 9.17) is 5.73 Å². The smallest absolute Gasteiger partial charge is 0.406 e. The molecule has 2 rings (SSSR count). The van der Waals surface area contributed by atoms with Gasteiger partial charge in [-0.15, -0.1) is 37.1 Å². The molecule has 1 aliphatic heterocycles. The molecule has 3 N–H and O–H groups in total. The molecule has 140 valence electrons. The van der Waals surface area contributed by atoms with Crippen LogP contribution in [0.15, 0.2) is 29.3 Å². The van der Waals surface area contributed by atoms with Crippen LogP contribution in [0.2, 0.25) is 0 Å². The number of likely N-dealkylation sites (tertiary alicyclic amines) is 1. The number of hydrogen-bond acceptors (Lipinski definition) is 3. The normalized spacial score (nSPS) is 15.3. The van der Waals surface area contributed by atoms with Crippen LogP contribution in [-0.4, -0.2) is 42.8 Å². The number of anilines is 1. The van der Waals surface area contributed by atoms with E-state index in [9.17, 15) is 18.0 Å². The maximum atomic E-state index is 12.2. The number of halogens is 4. The summed E-state index contributed by atoms with van der Waals surface area (Å²) in [5, 5.41) is 2.64. The van der Waals surface area contributed by atoms with Crippen molar-refractivity contribution in [3.05, 3.63) is 24.3 Å². The molecule has 0 aromatic heterocycles. The lowest BCUT2D eigenvalue weighted by Gasteiger charge is -2.26. The van der Waals surface area contributed by atoms with Crippen LogP contribution in [0.25, 0.3) is 0 Å². The lowest BCUT2D eigenvalue weighted by Crippen LogP contribution is -2.37. The van der Waals surface area contributed by atoms with Crippen LogP contribution in [0.1, 0.15) is 19.3 Å². The van der Waals surface area contributed by atoms with Crippen molar-refractivity contribution in [3.63, 3.8) is 0 Å². The number of rotatable bonds is 4. The molecule has 0 radical (unpaired) electrons. The number of hydrogen-bond donors (Lipinski definition) is 2. The average Bonchev–Trinajstić information content (AvgIpc) is 2.52. The van der Waals surface area contributed by atoms with Gasteiger partial charge in [0.15, 0.2) is 5.96 Å². The second-order valence-electron chi connectivity index (χ2n) is 5.34. The van der Waals surface area contributed by atoms with Crippen molar-refractivity contribution in [1.82, 2.24) is 4.90 Å². The van der Waals surface area contributed by atoms with Crippen LogP contribution in [0.5, 0.6) is 5.75 Å². The summed E-state index contributed by atoms with van der Waals surface area (Å²) in [4.78, 5) is 17.6. The number of nitrogens with zero attached hydrogens (tertiary/aromatic N) is 2. The number of alkyl halides is 3. The maximum Gasteiger partial charge on any atom is 0.573 e. The van der Waals surface area contributed by atoms with Gasteiger partial charge in [0.2, 0.25) is 5.91 Å². The van der Waals surface area contributed by atoms with Gasteiger partial charge in [-0.25, -0.2) is 4.99 Å². The molecule has 1 aromatic carbocycles. The molecule has 0 saturated carbocycles. The third kappa shape index (κ3) is 7.80. The molecule has 1 aromatic rings. The fourth-order valence-electron chi connectivity index (χ4n) is 2.35. The number of amides is 1. The first-order valence-electron chi connectivity index (χ1n) is 7.54. The number of aliphatic imine (C=N–C) groups is 1. The first-order chi connectivity index (χ1) is 11.3. The van der Waals surface area contributed by atoms with Crippen molar-refractivity contribution in [2.24, 2.45) is 10.7 Å². The first-order valence-corrected chi connectivity index (χ1v) is 7.54. The average molecular weight is 472 g/mol.